The van der Waals surface area contributed by atoms with Crippen LogP contribution in [0.25, 0.3) is 0 Å². The Labute approximate surface area is 421 Å². The normalized spacial score (nSPS) is 14.4. The molecule has 1 N–H and O–H groups in total. The molecule has 4 aromatic rings. The number of carbonyl (C=O) groups excluding carboxylic acids is 3. The molecule has 0 bridgehead atoms. The number of sulfonamides is 1. The van der Waals surface area contributed by atoms with Gasteiger partial charge in [0.1, 0.15) is 24.9 Å². The van der Waals surface area contributed by atoms with Gasteiger partial charge in [0.15, 0.2) is 37.5 Å². The monoisotopic (exact) mass is 1030 g/mol. The van der Waals surface area contributed by atoms with Crippen LogP contribution in [0.3, 0.4) is 0 Å². The first-order valence-corrected chi connectivity index (χ1v) is 31.2. The summed E-state index contributed by atoms with van der Waals surface area (Å²) in [4.78, 5) is 54.6. The second-order valence-electron chi connectivity index (χ2n) is 21.0. The number of hydrogen-bond donors (Lipinski definition) is 1. The molecular weight excluding hydrogens is 963 g/mol. The number of carbonyl (C=O) groups is 3. The zero-order valence-corrected chi connectivity index (χ0v) is 45.9. The number of amides is 1. The SMILES string of the molecule is C#C[C@@](C)(Oc1cc([C@H](O[Si](C)(C)C(C)(C)C)[C@@H](C(=O)OCc2ccccc2)N(C)C(=O)OCC[Si](C)(C)C)ccc1OCc1ccccc1)[C@H](NS(=O)(=O)c1ccc([N+](=O)[O-])cc1)C(=O)OC(C)(C)C. The maximum absolute atomic E-state index is 14.8. The summed E-state index contributed by atoms with van der Waals surface area (Å²) in [6.45, 7) is 22.6. The minimum Gasteiger partial charge on any atom is -0.485 e. The Bertz CT molecular complexity index is 2630. The first kappa shape index (κ1) is 57.5. The van der Waals surface area contributed by atoms with E-state index in [1.165, 1.54) is 24.9 Å². The lowest BCUT2D eigenvalue weighted by molar-refractivity contribution is -0.384. The number of hydrogen-bond acceptors (Lipinski definition) is 13. The van der Waals surface area contributed by atoms with Crippen LogP contribution in [0.4, 0.5) is 10.5 Å². The predicted octanol–water partition coefficient (Wildman–Crippen LogP) is 10.2. The lowest BCUT2D eigenvalue weighted by atomic mass is 9.96. The number of nitro groups is 1. The van der Waals surface area contributed by atoms with E-state index in [4.69, 9.17) is 34.5 Å². The summed E-state index contributed by atoms with van der Waals surface area (Å²) in [6, 6.07) is 24.3. The van der Waals surface area contributed by atoms with Gasteiger partial charge in [0.2, 0.25) is 10.0 Å². The van der Waals surface area contributed by atoms with Crippen molar-refractivity contribution >= 4 is 50.1 Å². The third kappa shape index (κ3) is 16.5. The highest BCUT2D eigenvalue weighted by Gasteiger charge is 2.48. The van der Waals surface area contributed by atoms with Crippen molar-refractivity contribution in [3.05, 3.63) is 130 Å². The molecule has 384 valence electrons. The van der Waals surface area contributed by atoms with Crippen LogP contribution in [0.2, 0.25) is 43.8 Å². The topological polar surface area (TPSA) is 199 Å². The Morgan fingerprint density at radius 1 is 0.789 bits per heavy atom. The van der Waals surface area contributed by atoms with Gasteiger partial charge in [-0.05, 0) is 92.8 Å². The number of nitrogens with zero attached hydrogens (tertiary/aromatic N) is 2. The van der Waals surface area contributed by atoms with Gasteiger partial charge in [-0.2, -0.15) is 4.72 Å². The second kappa shape index (κ2) is 23.5. The van der Waals surface area contributed by atoms with Crippen molar-refractivity contribution in [3.8, 4) is 23.8 Å². The number of likely N-dealkylation sites (N-methyl/N-ethyl adjacent to an activating group) is 1. The molecule has 4 rings (SSSR count). The van der Waals surface area contributed by atoms with E-state index in [9.17, 15) is 32.9 Å². The van der Waals surface area contributed by atoms with Gasteiger partial charge in [-0.25, -0.2) is 18.0 Å². The molecule has 4 aromatic carbocycles. The molecular formula is C52H69N3O13SSi2. The molecule has 0 aliphatic rings. The fraction of sp³-hybridized carbons (Fsp3) is 0.442. The lowest BCUT2D eigenvalue weighted by Crippen LogP contribution is -2.59. The highest BCUT2D eigenvalue weighted by Crippen LogP contribution is 2.44. The number of rotatable bonds is 22. The first-order chi connectivity index (χ1) is 32.9. The summed E-state index contributed by atoms with van der Waals surface area (Å²) < 4.78 is 68.2. The third-order valence-electron chi connectivity index (χ3n) is 11.7. The summed E-state index contributed by atoms with van der Waals surface area (Å²) in [5, 5.41) is 11.0. The number of terminal acetylenes is 1. The Kier molecular flexibility index (Phi) is 19.0. The minimum absolute atomic E-state index is 0.0237. The van der Waals surface area contributed by atoms with Crippen molar-refractivity contribution in [3.63, 3.8) is 0 Å². The van der Waals surface area contributed by atoms with Crippen LogP contribution in [-0.2, 0) is 51.5 Å². The van der Waals surface area contributed by atoms with E-state index in [-0.39, 0.29) is 37.0 Å². The number of esters is 2. The molecule has 19 heteroatoms. The minimum atomic E-state index is -4.67. The van der Waals surface area contributed by atoms with Gasteiger partial charge in [0.05, 0.1) is 16.4 Å². The third-order valence-corrected chi connectivity index (χ3v) is 19.3. The zero-order valence-electron chi connectivity index (χ0n) is 43.1. The number of nitro benzene ring substituents is 1. The van der Waals surface area contributed by atoms with Crippen LogP contribution in [0.15, 0.2) is 108 Å². The van der Waals surface area contributed by atoms with Crippen molar-refractivity contribution < 1.29 is 55.8 Å². The quantitative estimate of drug-likeness (QED) is 0.0195. The summed E-state index contributed by atoms with van der Waals surface area (Å²) in [7, 11) is -7.78. The van der Waals surface area contributed by atoms with Crippen LogP contribution in [-0.4, -0.2) is 89.6 Å². The second-order valence-corrected chi connectivity index (χ2v) is 33.1. The molecule has 0 saturated heterocycles. The molecule has 4 atom stereocenters. The van der Waals surface area contributed by atoms with Gasteiger partial charge in [-0.1, -0.05) is 113 Å². The van der Waals surface area contributed by atoms with E-state index in [1.807, 2.05) is 82.4 Å². The smallest absolute Gasteiger partial charge is 0.410 e. The van der Waals surface area contributed by atoms with Crippen LogP contribution in [0.1, 0.15) is 71.3 Å². The number of ether oxygens (including phenoxy) is 5. The number of benzene rings is 4. The molecule has 0 aliphatic heterocycles. The number of non-ortho nitro benzene ring substituents is 1. The zero-order chi connectivity index (χ0) is 53.2. The highest BCUT2D eigenvalue weighted by molar-refractivity contribution is 7.89. The van der Waals surface area contributed by atoms with E-state index >= 15 is 0 Å². The summed E-state index contributed by atoms with van der Waals surface area (Å²) in [6.07, 6.45) is 4.20. The van der Waals surface area contributed by atoms with Gasteiger partial charge in [-0.3, -0.25) is 19.8 Å². The van der Waals surface area contributed by atoms with Gasteiger partial charge in [0.25, 0.3) is 5.69 Å². The van der Waals surface area contributed by atoms with Crippen molar-refractivity contribution in [2.75, 3.05) is 13.7 Å². The average molecular weight is 1030 g/mol. The van der Waals surface area contributed by atoms with Crippen LogP contribution in [0, 0.1) is 22.5 Å². The molecule has 71 heavy (non-hydrogen) atoms. The van der Waals surface area contributed by atoms with Crippen LogP contribution < -0.4 is 14.2 Å². The predicted molar refractivity (Wildman–Crippen MR) is 276 cm³/mol. The fourth-order valence-corrected chi connectivity index (χ4v) is 9.75. The van der Waals surface area contributed by atoms with Gasteiger partial charge in [-0.15, -0.1) is 6.42 Å². The van der Waals surface area contributed by atoms with Crippen molar-refractivity contribution in [1.29, 1.82) is 0 Å². The largest absolute Gasteiger partial charge is 0.485 e. The van der Waals surface area contributed by atoms with E-state index in [1.54, 1.807) is 45.0 Å². The molecule has 0 fully saturated rings. The van der Waals surface area contributed by atoms with Crippen molar-refractivity contribution in [2.45, 2.75) is 140 Å². The molecule has 0 radical (unpaired) electrons. The van der Waals surface area contributed by atoms with E-state index < -0.39 is 88.7 Å². The molecule has 0 aromatic heterocycles. The van der Waals surface area contributed by atoms with E-state index in [0.29, 0.717) is 17.2 Å². The molecule has 0 unspecified atom stereocenters. The molecule has 0 spiro atoms. The molecule has 0 saturated carbocycles. The van der Waals surface area contributed by atoms with Gasteiger partial charge in [0, 0.05) is 27.3 Å². The van der Waals surface area contributed by atoms with Crippen molar-refractivity contribution in [2.24, 2.45) is 0 Å². The Morgan fingerprint density at radius 2 is 1.35 bits per heavy atom. The first-order valence-electron chi connectivity index (χ1n) is 23.1. The molecule has 0 aliphatic carbocycles. The van der Waals surface area contributed by atoms with E-state index in [2.05, 4.69) is 30.3 Å². The highest BCUT2D eigenvalue weighted by atomic mass is 32.2. The number of nitrogens with one attached hydrogen (secondary N) is 1. The summed E-state index contributed by atoms with van der Waals surface area (Å²) in [5.41, 5.74) is -1.96. The Morgan fingerprint density at radius 3 is 1.86 bits per heavy atom. The summed E-state index contributed by atoms with van der Waals surface area (Å²) in [5.74, 6) is 0.551. The molecule has 1 amide bonds. The van der Waals surface area contributed by atoms with Gasteiger partial charge >= 0.3 is 18.0 Å². The van der Waals surface area contributed by atoms with Crippen LogP contribution >= 0.6 is 0 Å². The average Bonchev–Trinajstić information content (AvgIpc) is 3.28. The lowest BCUT2D eigenvalue weighted by Gasteiger charge is -2.42. The standard InChI is InChI=1S/C52H69N3O13SSi2/c1-15-52(8,46(48(57)67-50(2,3)4)53-69(61,62)41-29-27-40(28-30-41)55(59)60)66-43-34-39(26-31-42(43)64-35-37-22-18-16-19-23-37)45(68-71(13,14)51(5,6)7)44(47(56)65-36-38-24-20-17-21-25-38)54(9)49(58)63-32-33-70(10,11)12/h1,16-31,34,44-46,53H,32-33,35-36H2,2-14H3/t44-,45-,46+,52+/m0/s1. The Hall–Kier alpha value is -6.05. The fourth-order valence-electron chi connectivity index (χ4n) is 6.52. The van der Waals surface area contributed by atoms with Crippen LogP contribution in [0.5, 0.6) is 11.5 Å². The van der Waals surface area contributed by atoms with E-state index in [0.717, 1.165) is 29.8 Å². The summed E-state index contributed by atoms with van der Waals surface area (Å²) >= 11 is 0. The molecule has 0 heterocycles. The van der Waals surface area contributed by atoms with Gasteiger partial charge < -0.3 is 28.1 Å². The van der Waals surface area contributed by atoms with Crippen molar-refractivity contribution in [1.82, 2.24) is 9.62 Å². The Balaban J connectivity index is 1.98. The maximum atomic E-state index is 14.8. The maximum Gasteiger partial charge on any atom is 0.410 e. The molecule has 16 nitrogen and oxygen atoms in total.